The fourth-order valence-electron chi connectivity index (χ4n) is 3.51. The summed E-state index contributed by atoms with van der Waals surface area (Å²) < 4.78 is 6.45. The maximum absolute atomic E-state index is 12.9. The van der Waals surface area contributed by atoms with E-state index in [0.29, 0.717) is 48.2 Å². The van der Waals surface area contributed by atoms with E-state index in [1.165, 1.54) is 10.6 Å². The molecule has 2 aromatic rings. The van der Waals surface area contributed by atoms with Gasteiger partial charge in [-0.15, -0.1) is 0 Å². The number of esters is 1. The third-order valence-electron chi connectivity index (χ3n) is 4.91. The molecule has 1 atom stereocenters. The van der Waals surface area contributed by atoms with E-state index in [1.807, 2.05) is 0 Å². The Balaban J connectivity index is 1.85. The zero-order chi connectivity index (χ0) is 21.0. The van der Waals surface area contributed by atoms with Gasteiger partial charge in [-0.3, -0.25) is 19.0 Å². The molecular formula is C21H24ClN3O4. The number of aromatic nitrogens is 2. The SMILES string of the molecule is CCOC(=O)C1CCCN(C(=O)Cn2c(-c3cccc(Cl)c3)nc(C)cc2=O)C1. The second-order valence-corrected chi connectivity index (χ2v) is 7.52. The summed E-state index contributed by atoms with van der Waals surface area (Å²) in [6, 6.07) is 8.41. The second kappa shape index (κ2) is 9.22. The number of benzene rings is 1. The van der Waals surface area contributed by atoms with Crippen LogP contribution >= 0.6 is 11.6 Å². The maximum atomic E-state index is 12.9. The number of aryl methyl sites for hydroxylation is 1. The summed E-state index contributed by atoms with van der Waals surface area (Å²) >= 11 is 6.09. The monoisotopic (exact) mass is 417 g/mol. The van der Waals surface area contributed by atoms with Gasteiger partial charge in [0.05, 0.1) is 12.5 Å². The molecule has 0 radical (unpaired) electrons. The van der Waals surface area contributed by atoms with Crippen molar-refractivity contribution in [1.29, 1.82) is 0 Å². The van der Waals surface area contributed by atoms with Crippen LogP contribution in [0.25, 0.3) is 11.4 Å². The Morgan fingerprint density at radius 3 is 2.83 bits per heavy atom. The topological polar surface area (TPSA) is 81.5 Å². The van der Waals surface area contributed by atoms with Crippen LogP contribution in [-0.2, 0) is 20.9 Å². The maximum Gasteiger partial charge on any atom is 0.310 e. The number of rotatable bonds is 5. The third kappa shape index (κ3) is 5.03. The number of piperidine rings is 1. The fourth-order valence-corrected chi connectivity index (χ4v) is 3.70. The van der Waals surface area contributed by atoms with E-state index in [1.54, 1.807) is 43.0 Å². The predicted molar refractivity (Wildman–Crippen MR) is 110 cm³/mol. The summed E-state index contributed by atoms with van der Waals surface area (Å²) in [5, 5.41) is 0.518. The Kier molecular flexibility index (Phi) is 6.69. The molecule has 29 heavy (non-hydrogen) atoms. The Labute approximate surface area is 174 Å². The predicted octanol–water partition coefficient (Wildman–Crippen LogP) is 2.67. The van der Waals surface area contributed by atoms with Gasteiger partial charge in [-0.25, -0.2) is 4.98 Å². The van der Waals surface area contributed by atoms with Crippen LogP contribution in [-0.4, -0.2) is 46.0 Å². The first-order chi connectivity index (χ1) is 13.9. The van der Waals surface area contributed by atoms with Gasteiger partial charge in [0, 0.05) is 35.4 Å². The minimum Gasteiger partial charge on any atom is -0.466 e. The summed E-state index contributed by atoms with van der Waals surface area (Å²) in [7, 11) is 0. The van der Waals surface area contributed by atoms with Gasteiger partial charge in [0.2, 0.25) is 5.91 Å². The van der Waals surface area contributed by atoms with Gasteiger partial charge in [-0.1, -0.05) is 23.7 Å². The zero-order valence-corrected chi connectivity index (χ0v) is 17.3. The smallest absolute Gasteiger partial charge is 0.310 e. The van der Waals surface area contributed by atoms with E-state index < -0.39 is 0 Å². The first-order valence-electron chi connectivity index (χ1n) is 9.68. The van der Waals surface area contributed by atoms with E-state index in [4.69, 9.17) is 16.3 Å². The molecule has 2 heterocycles. The number of amides is 1. The molecule has 1 aromatic carbocycles. The van der Waals surface area contributed by atoms with Crippen LogP contribution in [0.4, 0.5) is 0 Å². The average Bonchev–Trinajstić information content (AvgIpc) is 2.70. The van der Waals surface area contributed by atoms with Crippen molar-refractivity contribution in [2.75, 3.05) is 19.7 Å². The van der Waals surface area contributed by atoms with Crippen LogP contribution in [0.15, 0.2) is 35.1 Å². The van der Waals surface area contributed by atoms with Crippen LogP contribution in [0.3, 0.4) is 0 Å². The van der Waals surface area contributed by atoms with Crippen molar-refractivity contribution in [3.8, 4) is 11.4 Å². The van der Waals surface area contributed by atoms with Gasteiger partial charge in [0.15, 0.2) is 0 Å². The molecule has 3 rings (SSSR count). The van der Waals surface area contributed by atoms with Gasteiger partial charge in [-0.05, 0) is 38.8 Å². The van der Waals surface area contributed by atoms with Crippen LogP contribution in [0.1, 0.15) is 25.5 Å². The molecular weight excluding hydrogens is 394 g/mol. The minimum atomic E-state index is -0.326. The highest BCUT2D eigenvalue weighted by Gasteiger charge is 2.29. The number of carbonyl (C=O) groups is 2. The number of nitrogens with zero attached hydrogens (tertiary/aromatic N) is 3. The van der Waals surface area contributed by atoms with E-state index in [0.717, 1.165) is 6.42 Å². The molecule has 1 aromatic heterocycles. The van der Waals surface area contributed by atoms with Gasteiger partial charge in [-0.2, -0.15) is 0 Å². The summed E-state index contributed by atoms with van der Waals surface area (Å²) in [4.78, 5) is 43.7. The molecule has 0 spiro atoms. The number of hydrogen-bond donors (Lipinski definition) is 0. The quantitative estimate of drug-likeness (QED) is 0.698. The first-order valence-corrected chi connectivity index (χ1v) is 10.1. The Morgan fingerprint density at radius 2 is 2.10 bits per heavy atom. The lowest BCUT2D eigenvalue weighted by molar-refractivity contribution is -0.151. The fraction of sp³-hybridized carbons (Fsp3) is 0.429. The van der Waals surface area contributed by atoms with Crippen LogP contribution < -0.4 is 5.56 Å². The number of hydrogen-bond acceptors (Lipinski definition) is 5. The van der Waals surface area contributed by atoms with Crippen molar-refractivity contribution < 1.29 is 14.3 Å². The van der Waals surface area contributed by atoms with E-state index in [-0.39, 0.29) is 29.9 Å². The highest BCUT2D eigenvalue weighted by molar-refractivity contribution is 6.30. The summed E-state index contributed by atoms with van der Waals surface area (Å²) in [6.45, 7) is 4.52. The van der Waals surface area contributed by atoms with Crippen molar-refractivity contribution in [1.82, 2.24) is 14.5 Å². The molecule has 7 nitrogen and oxygen atoms in total. The summed E-state index contributed by atoms with van der Waals surface area (Å²) in [6.07, 6.45) is 1.42. The molecule has 0 bridgehead atoms. The lowest BCUT2D eigenvalue weighted by Crippen LogP contribution is -2.45. The number of halogens is 1. The van der Waals surface area contributed by atoms with Crippen molar-refractivity contribution >= 4 is 23.5 Å². The molecule has 1 unspecified atom stereocenters. The minimum absolute atomic E-state index is 0.149. The summed E-state index contributed by atoms with van der Waals surface area (Å²) in [5.41, 5.74) is 0.919. The number of carbonyl (C=O) groups excluding carboxylic acids is 2. The van der Waals surface area contributed by atoms with E-state index >= 15 is 0 Å². The molecule has 1 saturated heterocycles. The molecule has 1 aliphatic heterocycles. The lowest BCUT2D eigenvalue weighted by atomic mass is 9.98. The van der Waals surface area contributed by atoms with Crippen LogP contribution in [0.2, 0.25) is 5.02 Å². The molecule has 0 aliphatic carbocycles. The first kappa shape index (κ1) is 21.0. The van der Waals surface area contributed by atoms with Gasteiger partial charge < -0.3 is 9.64 Å². The van der Waals surface area contributed by atoms with E-state index in [2.05, 4.69) is 4.98 Å². The second-order valence-electron chi connectivity index (χ2n) is 7.09. The highest BCUT2D eigenvalue weighted by atomic mass is 35.5. The largest absolute Gasteiger partial charge is 0.466 e. The van der Waals surface area contributed by atoms with Gasteiger partial charge in [0.1, 0.15) is 12.4 Å². The molecule has 1 aliphatic rings. The Hall–Kier alpha value is -2.67. The van der Waals surface area contributed by atoms with Crippen molar-refractivity contribution in [3.05, 3.63) is 51.4 Å². The van der Waals surface area contributed by atoms with Crippen molar-refractivity contribution in [3.63, 3.8) is 0 Å². The zero-order valence-electron chi connectivity index (χ0n) is 16.6. The number of likely N-dealkylation sites (tertiary alicyclic amines) is 1. The van der Waals surface area contributed by atoms with Gasteiger partial charge >= 0.3 is 5.97 Å². The van der Waals surface area contributed by atoms with Gasteiger partial charge in [0.25, 0.3) is 5.56 Å². The van der Waals surface area contributed by atoms with Crippen molar-refractivity contribution in [2.45, 2.75) is 33.2 Å². The standard InChI is InChI=1S/C21H24ClN3O4/c1-3-29-21(28)16-7-5-9-24(12-16)19(27)13-25-18(26)10-14(2)23-20(25)15-6-4-8-17(22)11-15/h4,6,8,10-11,16H,3,5,7,9,12-13H2,1-2H3. The molecule has 8 heteroatoms. The average molecular weight is 418 g/mol. The Morgan fingerprint density at radius 1 is 1.31 bits per heavy atom. The molecule has 1 fully saturated rings. The normalized spacial score (nSPS) is 16.5. The van der Waals surface area contributed by atoms with Crippen LogP contribution in [0.5, 0.6) is 0 Å². The molecule has 154 valence electrons. The molecule has 0 saturated carbocycles. The molecule has 0 N–H and O–H groups in total. The third-order valence-corrected chi connectivity index (χ3v) is 5.14. The lowest BCUT2D eigenvalue weighted by Gasteiger charge is -2.31. The summed E-state index contributed by atoms with van der Waals surface area (Å²) in [5.74, 6) is -0.438. The Bertz CT molecular complexity index is 973. The highest BCUT2D eigenvalue weighted by Crippen LogP contribution is 2.22. The molecule has 1 amide bonds. The van der Waals surface area contributed by atoms with Crippen LogP contribution in [0, 0.1) is 12.8 Å². The van der Waals surface area contributed by atoms with Crippen molar-refractivity contribution in [2.24, 2.45) is 5.92 Å². The van der Waals surface area contributed by atoms with E-state index in [9.17, 15) is 14.4 Å². The number of ether oxygens (including phenoxy) is 1.